The number of piperazine rings is 1. The lowest BCUT2D eigenvalue weighted by atomic mass is 10.1. The van der Waals surface area contributed by atoms with Gasteiger partial charge < -0.3 is 14.5 Å². The molecular weight excluding hydrogens is 371 g/mol. The summed E-state index contributed by atoms with van der Waals surface area (Å²) >= 11 is 0. The van der Waals surface area contributed by atoms with E-state index in [4.69, 9.17) is 4.74 Å². The fraction of sp³-hybridized carbons (Fsp3) is 0.273. The molecule has 4 rings (SSSR count). The molecule has 150 valence electrons. The fourth-order valence-electron chi connectivity index (χ4n) is 3.54. The van der Waals surface area contributed by atoms with Crippen molar-refractivity contribution in [3.63, 3.8) is 0 Å². The highest BCUT2D eigenvalue weighted by Crippen LogP contribution is 2.23. The Morgan fingerprint density at radius 1 is 1.10 bits per heavy atom. The molecule has 7 heteroatoms. The standard InChI is InChI=1S/C22H23FN4O2/c1-29-20-4-2-3-19(16-20)27-10-9-24-22(27)26-13-11-25(12-14-26)21(28)15-17-5-7-18(23)8-6-17/h2-10,16H,11-15H2,1H3. The summed E-state index contributed by atoms with van der Waals surface area (Å²) in [5, 5.41) is 0. The van der Waals surface area contributed by atoms with Gasteiger partial charge in [0.25, 0.3) is 0 Å². The lowest BCUT2D eigenvalue weighted by Crippen LogP contribution is -2.49. The highest BCUT2D eigenvalue weighted by atomic mass is 19.1. The maximum absolute atomic E-state index is 13.0. The predicted octanol–water partition coefficient (Wildman–Crippen LogP) is 2.91. The van der Waals surface area contributed by atoms with Gasteiger partial charge in [0.15, 0.2) is 0 Å². The molecule has 0 bridgehead atoms. The van der Waals surface area contributed by atoms with E-state index < -0.39 is 0 Å². The normalized spacial score (nSPS) is 14.1. The van der Waals surface area contributed by atoms with E-state index in [1.54, 1.807) is 25.4 Å². The molecule has 2 aromatic carbocycles. The third kappa shape index (κ3) is 4.23. The monoisotopic (exact) mass is 394 g/mol. The van der Waals surface area contributed by atoms with Crippen LogP contribution in [0.5, 0.6) is 5.75 Å². The zero-order chi connectivity index (χ0) is 20.2. The van der Waals surface area contributed by atoms with Crippen molar-refractivity contribution >= 4 is 11.9 Å². The molecule has 0 aliphatic carbocycles. The third-order valence-electron chi connectivity index (χ3n) is 5.14. The van der Waals surface area contributed by atoms with Gasteiger partial charge in [0.2, 0.25) is 11.9 Å². The first-order chi connectivity index (χ1) is 14.1. The van der Waals surface area contributed by atoms with E-state index in [1.165, 1.54) is 12.1 Å². The van der Waals surface area contributed by atoms with E-state index in [2.05, 4.69) is 9.88 Å². The number of amides is 1. The Labute approximate surface area is 169 Å². The van der Waals surface area contributed by atoms with Crippen molar-refractivity contribution in [3.05, 3.63) is 72.3 Å². The van der Waals surface area contributed by atoms with Gasteiger partial charge in [-0.1, -0.05) is 18.2 Å². The molecule has 1 aliphatic heterocycles. The number of halogens is 1. The molecule has 1 fully saturated rings. The summed E-state index contributed by atoms with van der Waals surface area (Å²) in [6, 6.07) is 13.9. The molecule has 0 spiro atoms. The zero-order valence-electron chi connectivity index (χ0n) is 16.3. The number of aromatic nitrogens is 2. The lowest BCUT2D eigenvalue weighted by molar-refractivity contribution is -0.130. The number of benzene rings is 2. The second-order valence-corrected chi connectivity index (χ2v) is 6.97. The first-order valence-electron chi connectivity index (χ1n) is 9.59. The van der Waals surface area contributed by atoms with Gasteiger partial charge in [-0.15, -0.1) is 0 Å². The van der Waals surface area contributed by atoms with Crippen molar-refractivity contribution in [2.75, 3.05) is 38.2 Å². The molecule has 1 aliphatic rings. The van der Waals surface area contributed by atoms with Gasteiger partial charge in [-0.2, -0.15) is 0 Å². The quantitative estimate of drug-likeness (QED) is 0.668. The van der Waals surface area contributed by atoms with Gasteiger partial charge in [-0.3, -0.25) is 9.36 Å². The predicted molar refractivity (Wildman–Crippen MR) is 109 cm³/mol. The SMILES string of the molecule is COc1cccc(-n2ccnc2N2CCN(C(=O)Cc3ccc(F)cc3)CC2)c1. The molecule has 1 aromatic heterocycles. The summed E-state index contributed by atoms with van der Waals surface area (Å²) in [7, 11) is 1.65. The van der Waals surface area contributed by atoms with E-state index in [0.717, 1.165) is 22.9 Å². The largest absolute Gasteiger partial charge is 0.497 e. The number of ether oxygens (including phenoxy) is 1. The smallest absolute Gasteiger partial charge is 0.227 e. The van der Waals surface area contributed by atoms with Crippen molar-refractivity contribution in [2.45, 2.75) is 6.42 Å². The minimum absolute atomic E-state index is 0.0624. The van der Waals surface area contributed by atoms with E-state index in [1.807, 2.05) is 39.9 Å². The van der Waals surface area contributed by atoms with Gasteiger partial charge in [0.05, 0.1) is 19.2 Å². The summed E-state index contributed by atoms with van der Waals surface area (Å²) in [6.45, 7) is 2.67. The lowest BCUT2D eigenvalue weighted by Gasteiger charge is -2.35. The van der Waals surface area contributed by atoms with Crippen LogP contribution in [-0.4, -0.2) is 53.6 Å². The summed E-state index contributed by atoms with van der Waals surface area (Å²) in [4.78, 5) is 21.2. The van der Waals surface area contributed by atoms with Crippen molar-refractivity contribution in [3.8, 4) is 11.4 Å². The summed E-state index contributed by atoms with van der Waals surface area (Å²) in [6.07, 6.45) is 4.00. The first-order valence-corrected chi connectivity index (χ1v) is 9.59. The van der Waals surface area contributed by atoms with Crippen LogP contribution in [0.3, 0.4) is 0 Å². The topological polar surface area (TPSA) is 50.6 Å². The number of rotatable bonds is 5. The maximum Gasteiger partial charge on any atom is 0.227 e. The van der Waals surface area contributed by atoms with Crippen LogP contribution in [0.4, 0.5) is 10.3 Å². The minimum Gasteiger partial charge on any atom is -0.497 e. The number of nitrogens with zero attached hydrogens (tertiary/aromatic N) is 4. The van der Waals surface area contributed by atoms with Crippen molar-refractivity contribution in [1.29, 1.82) is 0 Å². The van der Waals surface area contributed by atoms with Crippen LogP contribution in [0.15, 0.2) is 60.9 Å². The number of hydrogen-bond donors (Lipinski definition) is 0. The minimum atomic E-state index is -0.290. The van der Waals surface area contributed by atoms with Crippen molar-refractivity contribution in [1.82, 2.24) is 14.5 Å². The number of methoxy groups -OCH3 is 1. The third-order valence-corrected chi connectivity index (χ3v) is 5.14. The second-order valence-electron chi connectivity index (χ2n) is 6.97. The van der Waals surface area contributed by atoms with Gasteiger partial charge in [-0.05, 0) is 29.8 Å². The first kappa shape index (κ1) is 19.0. The molecular formula is C22H23FN4O2. The Morgan fingerprint density at radius 3 is 2.59 bits per heavy atom. The zero-order valence-corrected chi connectivity index (χ0v) is 16.3. The molecule has 1 amide bonds. The molecule has 6 nitrogen and oxygen atoms in total. The van der Waals surface area contributed by atoms with Crippen molar-refractivity contribution < 1.29 is 13.9 Å². The van der Waals surface area contributed by atoms with Crippen LogP contribution in [0, 0.1) is 5.82 Å². The van der Waals surface area contributed by atoms with Crippen LogP contribution in [0.2, 0.25) is 0 Å². The second kappa shape index (κ2) is 8.34. The average Bonchev–Trinajstić information content (AvgIpc) is 3.25. The summed E-state index contributed by atoms with van der Waals surface area (Å²) in [5.41, 5.74) is 1.80. The molecule has 0 unspecified atom stereocenters. The van der Waals surface area contributed by atoms with E-state index in [0.29, 0.717) is 32.6 Å². The van der Waals surface area contributed by atoms with E-state index in [9.17, 15) is 9.18 Å². The highest BCUT2D eigenvalue weighted by Gasteiger charge is 2.24. The van der Waals surface area contributed by atoms with E-state index >= 15 is 0 Å². The number of carbonyl (C=O) groups is 1. The molecule has 0 atom stereocenters. The molecule has 2 heterocycles. The number of carbonyl (C=O) groups excluding carboxylic acids is 1. The highest BCUT2D eigenvalue weighted by molar-refractivity contribution is 5.79. The molecule has 1 saturated heterocycles. The molecule has 29 heavy (non-hydrogen) atoms. The van der Waals surface area contributed by atoms with Gasteiger partial charge >= 0.3 is 0 Å². The molecule has 0 N–H and O–H groups in total. The summed E-state index contributed by atoms with van der Waals surface area (Å²) in [5.74, 6) is 1.41. The fourth-order valence-corrected chi connectivity index (χ4v) is 3.54. The maximum atomic E-state index is 13.0. The average molecular weight is 394 g/mol. The Hall–Kier alpha value is -3.35. The number of imidazole rings is 1. The number of anilines is 1. The van der Waals surface area contributed by atoms with Crippen LogP contribution in [-0.2, 0) is 11.2 Å². The van der Waals surface area contributed by atoms with E-state index in [-0.39, 0.29) is 11.7 Å². The Kier molecular flexibility index (Phi) is 5.46. The van der Waals surface area contributed by atoms with Gasteiger partial charge in [0.1, 0.15) is 11.6 Å². The Bertz CT molecular complexity index is 978. The van der Waals surface area contributed by atoms with Crippen LogP contribution in [0.25, 0.3) is 5.69 Å². The van der Waals surface area contributed by atoms with Crippen molar-refractivity contribution in [2.24, 2.45) is 0 Å². The van der Waals surface area contributed by atoms with Gasteiger partial charge in [0, 0.05) is 44.6 Å². The number of hydrogen-bond acceptors (Lipinski definition) is 4. The Morgan fingerprint density at radius 2 is 1.86 bits per heavy atom. The summed E-state index contributed by atoms with van der Waals surface area (Å²) < 4.78 is 20.4. The molecule has 0 radical (unpaired) electrons. The van der Waals surface area contributed by atoms with Gasteiger partial charge in [-0.25, -0.2) is 9.37 Å². The van der Waals surface area contributed by atoms with Crippen LogP contribution < -0.4 is 9.64 Å². The Balaban J connectivity index is 1.41. The van der Waals surface area contributed by atoms with Crippen LogP contribution >= 0.6 is 0 Å². The van der Waals surface area contributed by atoms with Crippen LogP contribution in [0.1, 0.15) is 5.56 Å². The molecule has 0 saturated carbocycles. The molecule has 3 aromatic rings.